The highest BCUT2D eigenvalue weighted by Crippen LogP contribution is 2.39. The summed E-state index contributed by atoms with van der Waals surface area (Å²) in [6, 6.07) is 12.2. The third kappa shape index (κ3) is 4.54. The van der Waals surface area contributed by atoms with Gasteiger partial charge in [0.2, 0.25) is 5.95 Å². The molecule has 3 aromatic rings. The molecule has 170 valence electrons. The first-order valence-electron chi connectivity index (χ1n) is 10.9. The predicted molar refractivity (Wildman–Crippen MR) is 122 cm³/mol. The van der Waals surface area contributed by atoms with Gasteiger partial charge in [-0.1, -0.05) is 30.3 Å². The van der Waals surface area contributed by atoms with Gasteiger partial charge in [-0.15, -0.1) is 11.3 Å². The van der Waals surface area contributed by atoms with Gasteiger partial charge in [-0.3, -0.25) is 0 Å². The summed E-state index contributed by atoms with van der Waals surface area (Å²) in [6.07, 6.45) is -4.10. The molecular weight excluding hydrogens is 435 g/mol. The lowest BCUT2D eigenvalue weighted by Crippen LogP contribution is -2.30. The van der Waals surface area contributed by atoms with Crippen molar-refractivity contribution < 1.29 is 13.2 Å². The normalized spacial score (nSPS) is 21.4. The summed E-state index contributed by atoms with van der Waals surface area (Å²) in [5, 5.41) is 3.69. The van der Waals surface area contributed by atoms with Crippen LogP contribution in [0.4, 0.5) is 24.9 Å². The fraction of sp³-hybridized carbons (Fsp3) is 0.478. The maximum Gasteiger partial charge on any atom is 0.393 e. The molecule has 0 amide bonds. The summed E-state index contributed by atoms with van der Waals surface area (Å²) < 4.78 is 38.8. The van der Waals surface area contributed by atoms with E-state index in [1.807, 2.05) is 6.07 Å². The van der Waals surface area contributed by atoms with E-state index < -0.39 is 12.6 Å². The van der Waals surface area contributed by atoms with Crippen molar-refractivity contribution in [2.24, 2.45) is 11.8 Å². The van der Waals surface area contributed by atoms with Crippen LogP contribution < -0.4 is 10.2 Å². The molecule has 2 aliphatic heterocycles. The molecule has 5 rings (SSSR count). The van der Waals surface area contributed by atoms with Crippen molar-refractivity contribution in [3.05, 3.63) is 46.8 Å². The number of halogens is 3. The maximum atomic E-state index is 12.9. The molecule has 2 aromatic heterocycles. The number of aromatic nitrogens is 2. The minimum atomic E-state index is -4.23. The van der Waals surface area contributed by atoms with Crippen LogP contribution in [-0.2, 0) is 12.8 Å². The smallest absolute Gasteiger partial charge is 0.357 e. The molecule has 2 fully saturated rings. The number of likely N-dealkylation sites (tertiary alicyclic amines) is 1. The Hall–Kier alpha value is -2.39. The van der Waals surface area contributed by atoms with Crippen LogP contribution in [0.2, 0.25) is 0 Å². The second-order valence-corrected chi connectivity index (χ2v) is 9.88. The molecule has 2 atom stereocenters. The molecule has 0 radical (unpaired) electrons. The van der Waals surface area contributed by atoms with Gasteiger partial charge in [-0.2, -0.15) is 18.2 Å². The lowest BCUT2D eigenvalue weighted by molar-refractivity contribution is -0.126. The number of hydrogen-bond donors (Lipinski definition) is 1. The molecule has 32 heavy (non-hydrogen) atoms. The van der Waals surface area contributed by atoms with Crippen LogP contribution in [0.5, 0.6) is 0 Å². The number of fused-ring (bicyclic) bond motifs is 2. The molecular formula is C23H26F3N5S. The van der Waals surface area contributed by atoms with Gasteiger partial charge in [0.05, 0.1) is 11.8 Å². The first kappa shape index (κ1) is 21.5. The second kappa shape index (κ2) is 8.51. The first-order chi connectivity index (χ1) is 15.4. The first-order valence-corrected chi connectivity index (χ1v) is 11.8. The lowest BCUT2D eigenvalue weighted by Gasteiger charge is -2.23. The highest BCUT2D eigenvalue weighted by atomic mass is 32.1. The van der Waals surface area contributed by atoms with Gasteiger partial charge in [-0.25, -0.2) is 4.98 Å². The molecule has 0 saturated carbocycles. The minimum Gasteiger partial charge on any atom is -0.357 e. The van der Waals surface area contributed by atoms with E-state index in [0.29, 0.717) is 22.6 Å². The average molecular weight is 462 g/mol. The molecule has 4 heterocycles. The molecule has 2 aliphatic rings. The number of thiophene rings is 1. The SMILES string of the molecule is CNc1nc(N2CC3CN(CCc4ccccc4)CC3C2)c2cc(CC(F)(F)F)sc2n1. The maximum absolute atomic E-state index is 12.9. The van der Waals surface area contributed by atoms with Crippen LogP contribution >= 0.6 is 11.3 Å². The van der Waals surface area contributed by atoms with Gasteiger partial charge in [0, 0.05) is 44.6 Å². The number of rotatable bonds is 6. The van der Waals surface area contributed by atoms with Gasteiger partial charge in [-0.05, 0) is 29.9 Å². The molecule has 5 nitrogen and oxygen atoms in total. The predicted octanol–water partition coefficient (Wildman–Crippen LogP) is 4.45. The van der Waals surface area contributed by atoms with E-state index in [9.17, 15) is 13.2 Å². The summed E-state index contributed by atoms with van der Waals surface area (Å²) >= 11 is 1.11. The van der Waals surface area contributed by atoms with Gasteiger partial charge >= 0.3 is 6.18 Å². The Morgan fingerprint density at radius 1 is 1.06 bits per heavy atom. The Kier molecular flexibility index (Phi) is 5.71. The zero-order valence-corrected chi connectivity index (χ0v) is 18.7. The zero-order valence-electron chi connectivity index (χ0n) is 17.9. The summed E-state index contributed by atoms with van der Waals surface area (Å²) in [6.45, 7) is 4.94. The Morgan fingerprint density at radius 3 is 2.44 bits per heavy atom. The number of nitrogens with one attached hydrogen (secondary N) is 1. The Morgan fingerprint density at radius 2 is 1.78 bits per heavy atom. The van der Waals surface area contributed by atoms with E-state index in [-0.39, 0.29) is 4.88 Å². The van der Waals surface area contributed by atoms with Crippen LogP contribution in [0.3, 0.4) is 0 Å². The van der Waals surface area contributed by atoms with Crippen LogP contribution in [0, 0.1) is 11.8 Å². The monoisotopic (exact) mass is 461 g/mol. The van der Waals surface area contributed by atoms with E-state index in [0.717, 1.165) is 61.7 Å². The molecule has 2 unspecified atom stereocenters. The van der Waals surface area contributed by atoms with Gasteiger partial charge < -0.3 is 15.1 Å². The van der Waals surface area contributed by atoms with E-state index in [2.05, 4.69) is 49.4 Å². The highest BCUT2D eigenvalue weighted by molar-refractivity contribution is 7.18. The van der Waals surface area contributed by atoms with Crippen molar-refractivity contribution in [2.45, 2.75) is 19.0 Å². The summed E-state index contributed by atoms with van der Waals surface area (Å²) in [7, 11) is 1.73. The topological polar surface area (TPSA) is 44.3 Å². The Bertz CT molecular complexity index is 1070. The molecule has 0 aliphatic carbocycles. The number of hydrogen-bond acceptors (Lipinski definition) is 6. The zero-order chi connectivity index (χ0) is 22.3. The molecule has 1 N–H and O–H groups in total. The summed E-state index contributed by atoms with van der Waals surface area (Å²) in [5.74, 6) is 2.33. The van der Waals surface area contributed by atoms with Gasteiger partial charge in [0.25, 0.3) is 0 Å². The van der Waals surface area contributed by atoms with Crippen molar-refractivity contribution in [2.75, 3.05) is 50.0 Å². The van der Waals surface area contributed by atoms with Crippen LogP contribution in [0.1, 0.15) is 10.4 Å². The standard InChI is InChI=1S/C23H26F3N5S/c1-27-22-28-20(19-9-18(10-23(24,25)26)32-21(19)29-22)31-13-16-11-30(12-17(16)14-31)8-7-15-5-3-2-4-6-15/h2-6,9,16-17H,7-8,10-14H2,1H3,(H,27,28,29). The Labute approximate surface area is 189 Å². The molecule has 2 saturated heterocycles. The summed E-state index contributed by atoms with van der Waals surface area (Å²) in [4.78, 5) is 14.7. The number of alkyl halides is 3. The van der Waals surface area contributed by atoms with Crippen molar-refractivity contribution >= 4 is 33.3 Å². The van der Waals surface area contributed by atoms with E-state index in [4.69, 9.17) is 0 Å². The molecule has 1 aromatic carbocycles. The number of benzene rings is 1. The highest BCUT2D eigenvalue weighted by Gasteiger charge is 2.41. The number of nitrogens with zero attached hydrogens (tertiary/aromatic N) is 4. The fourth-order valence-electron chi connectivity index (χ4n) is 4.97. The molecule has 9 heteroatoms. The lowest BCUT2D eigenvalue weighted by atomic mass is 10.0. The van der Waals surface area contributed by atoms with E-state index in [1.165, 1.54) is 5.56 Å². The molecule has 0 bridgehead atoms. The average Bonchev–Trinajstić information content (AvgIpc) is 3.43. The third-order valence-corrected chi connectivity index (χ3v) is 7.47. The summed E-state index contributed by atoms with van der Waals surface area (Å²) in [5.41, 5.74) is 1.36. The van der Waals surface area contributed by atoms with Crippen molar-refractivity contribution in [1.82, 2.24) is 14.9 Å². The van der Waals surface area contributed by atoms with Crippen LogP contribution in [0.15, 0.2) is 36.4 Å². The van der Waals surface area contributed by atoms with E-state index >= 15 is 0 Å². The van der Waals surface area contributed by atoms with Crippen molar-refractivity contribution in [1.29, 1.82) is 0 Å². The van der Waals surface area contributed by atoms with Crippen molar-refractivity contribution in [3.63, 3.8) is 0 Å². The number of anilines is 2. The third-order valence-electron chi connectivity index (χ3n) is 6.44. The van der Waals surface area contributed by atoms with Crippen molar-refractivity contribution in [3.8, 4) is 0 Å². The van der Waals surface area contributed by atoms with Crippen LogP contribution in [-0.4, -0.2) is 60.8 Å². The van der Waals surface area contributed by atoms with Crippen LogP contribution in [0.25, 0.3) is 10.2 Å². The van der Waals surface area contributed by atoms with Gasteiger partial charge in [0.15, 0.2) is 0 Å². The largest absolute Gasteiger partial charge is 0.393 e. The second-order valence-electron chi connectivity index (χ2n) is 8.76. The Balaban J connectivity index is 1.29. The minimum absolute atomic E-state index is 0.280. The molecule has 0 spiro atoms. The van der Waals surface area contributed by atoms with Gasteiger partial charge in [0.1, 0.15) is 10.6 Å². The fourth-order valence-corrected chi connectivity index (χ4v) is 6.02. The quantitative estimate of drug-likeness (QED) is 0.588. The van der Waals surface area contributed by atoms with E-state index in [1.54, 1.807) is 13.1 Å².